The molecule has 3 fully saturated rings. The number of nitrogens with one attached hydrogen (secondary N) is 1. The highest BCUT2D eigenvalue weighted by atomic mass is 16.5. The van der Waals surface area contributed by atoms with Crippen molar-refractivity contribution in [3.63, 3.8) is 0 Å². The lowest BCUT2D eigenvalue weighted by Crippen LogP contribution is -2.53. The van der Waals surface area contributed by atoms with E-state index in [-0.39, 0.29) is 17.6 Å². The van der Waals surface area contributed by atoms with Gasteiger partial charge in [-0.15, -0.1) is 0 Å². The molecule has 1 saturated carbocycles. The zero-order valence-electron chi connectivity index (χ0n) is 15.8. The van der Waals surface area contributed by atoms with Crippen molar-refractivity contribution >= 4 is 5.96 Å². The van der Waals surface area contributed by atoms with Crippen molar-refractivity contribution in [1.82, 2.24) is 10.2 Å². The van der Waals surface area contributed by atoms with E-state index in [4.69, 9.17) is 14.5 Å². The summed E-state index contributed by atoms with van der Waals surface area (Å²) in [4.78, 5) is 7.41. The number of hydrogen-bond donors (Lipinski definition) is 1. The van der Waals surface area contributed by atoms with E-state index in [1.807, 2.05) is 0 Å². The minimum absolute atomic E-state index is 0.166. The first-order valence-electron chi connectivity index (χ1n) is 10.1. The van der Waals surface area contributed by atoms with E-state index in [2.05, 4.69) is 47.5 Å². The Labute approximate surface area is 156 Å². The highest BCUT2D eigenvalue weighted by Crippen LogP contribution is 2.48. The number of ether oxygens (including phenoxy) is 2. The fourth-order valence-corrected chi connectivity index (χ4v) is 4.12. The van der Waals surface area contributed by atoms with E-state index in [0.29, 0.717) is 0 Å². The Hall–Kier alpha value is -1.59. The maximum absolute atomic E-state index is 6.00. The van der Waals surface area contributed by atoms with Crippen LogP contribution in [0.1, 0.15) is 38.2 Å². The number of benzene rings is 1. The second-order valence-electron chi connectivity index (χ2n) is 7.72. The Bertz CT molecular complexity index is 609. The molecule has 3 aliphatic rings. The summed E-state index contributed by atoms with van der Waals surface area (Å²) in [5.74, 6) is 1.03. The first-order valence-corrected chi connectivity index (χ1v) is 10.1. The Morgan fingerprint density at radius 1 is 1.19 bits per heavy atom. The van der Waals surface area contributed by atoms with Crippen molar-refractivity contribution in [2.45, 2.75) is 50.2 Å². The quantitative estimate of drug-likeness (QED) is 0.650. The summed E-state index contributed by atoms with van der Waals surface area (Å²) in [5.41, 5.74) is 1.68. The average Bonchev–Trinajstić information content (AvgIpc) is 3.28. The molecule has 0 radical (unpaired) electrons. The first-order chi connectivity index (χ1) is 12.8. The average molecular weight is 357 g/mol. The third kappa shape index (κ3) is 3.89. The molecule has 4 rings (SSSR count). The molecule has 1 aliphatic carbocycles. The Morgan fingerprint density at radius 2 is 2.00 bits per heavy atom. The van der Waals surface area contributed by atoms with Crippen LogP contribution in [0.3, 0.4) is 0 Å². The standard InChI is InChI=1S/C21H31N3O2/c1-2-22-20(23-16-21(10-11-21)17-7-4-3-5-8-17)24-12-14-26-19(15-24)18-9-6-13-25-18/h3-5,7-8,18-19H,2,6,9-16H2,1H3,(H,22,23). The zero-order valence-corrected chi connectivity index (χ0v) is 15.8. The Balaban J connectivity index is 1.44. The summed E-state index contributed by atoms with van der Waals surface area (Å²) in [6.45, 7) is 7.28. The van der Waals surface area contributed by atoms with Crippen LogP contribution in [0.4, 0.5) is 0 Å². The second kappa shape index (κ2) is 7.97. The van der Waals surface area contributed by atoms with Crippen LogP contribution in [0.25, 0.3) is 0 Å². The number of hydrogen-bond acceptors (Lipinski definition) is 3. The number of guanidine groups is 1. The predicted octanol–water partition coefficient (Wildman–Crippen LogP) is 2.56. The van der Waals surface area contributed by atoms with Crippen LogP contribution >= 0.6 is 0 Å². The molecule has 0 bridgehead atoms. The third-order valence-corrected chi connectivity index (χ3v) is 5.88. The second-order valence-corrected chi connectivity index (χ2v) is 7.72. The van der Waals surface area contributed by atoms with Gasteiger partial charge >= 0.3 is 0 Å². The van der Waals surface area contributed by atoms with Gasteiger partial charge in [0.2, 0.25) is 0 Å². The topological polar surface area (TPSA) is 46.1 Å². The summed E-state index contributed by atoms with van der Waals surface area (Å²) in [6.07, 6.45) is 5.16. The highest BCUT2D eigenvalue weighted by Gasteiger charge is 2.44. The first kappa shape index (κ1) is 17.8. The van der Waals surface area contributed by atoms with Crippen LogP contribution in [-0.2, 0) is 14.9 Å². The Morgan fingerprint density at radius 3 is 2.69 bits per heavy atom. The van der Waals surface area contributed by atoms with Gasteiger partial charge in [-0.3, -0.25) is 4.99 Å². The molecular weight excluding hydrogens is 326 g/mol. The molecule has 2 heterocycles. The largest absolute Gasteiger partial charge is 0.375 e. The lowest BCUT2D eigenvalue weighted by molar-refractivity contribution is -0.0817. The lowest BCUT2D eigenvalue weighted by Gasteiger charge is -2.37. The molecule has 1 N–H and O–H groups in total. The van der Waals surface area contributed by atoms with Crippen LogP contribution < -0.4 is 5.32 Å². The lowest BCUT2D eigenvalue weighted by atomic mass is 9.96. The maximum atomic E-state index is 6.00. The summed E-state index contributed by atoms with van der Waals surface area (Å²) >= 11 is 0. The van der Waals surface area contributed by atoms with Gasteiger partial charge < -0.3 is 19.7 Å². The number of aliphatic imine (C=N–C) groups is 1. The predicted molar refractivity (Wildman–Crippen MR) is 104 cm³/mol. The van der Waals surface area contributed by atoms with Gasteiger partial charge in [-0.05, 0) is 38.2 Å². The van der Waals surface area contributed by atoms with Gasteiger partial charge in [0.1, 0.15) is 6.10 Å². The molecule has 5 nitrogen and oxygen atoms in total. The summed E-state index contributed by atoms with van der Waals surface area (Å²) in [5, 5.41) is 3.49. The highest BCUT2D eigenvalue weighted by molar-refractivity contribution is 5.80. The van der Waals surface area contributed by atoms with Crippen molar-refractivity contribution in [3.05, 3.63) is 35.9 Å². The van der Waals surface area contributed by atoms with Crippen LogP contribution in [-0.4, -0.2) is 62.5 Å². The molecule has 26 heavy (non-hydrogen) atoms. The third-order valence-electron chi connectivity index (χ3n) is 5.88. The van der Waals surface area contributed by atoms with Crippen molar-refractivity contribution in [2.75, 3.05) is 39.4 Å². The van der Waals surface area contributed by atoms with Crippen LogP contribution in [0, 0.1) is 0 Å². The zero-order chi connectivity index (χ0) is 17.8. The van der Waals surface area contributed by atoms with Gasteiger partial charge in [-0.2, -0.15) is 0 Å². The van der Waals surface area contributed by atoms with Crippen molar-refractivity contribution in [3.8, 4) is 0 Å². The fourth-order valence-electron chi connectivity index (χ4n) is 4.12. The number of rotatable bonds is 5. The molecule has 2 aliphatic heterocycles. The molecule has 0 spiro atoms. The van der Waals surface area contributed by atoms with E-state index >= 15 is 0 Å². The number of morpholine rings is 1. The molecule has 2 atom stereocenters. The molecular formula is C21H31N3O2. The Kier molecular flexibility index (Phi) is 5.46. The smallest absolute Gasteiger partial charge is 0.194 e. The van der Waals surface area contributed by atoms with Crippen molar-refractivity contribution < 1.29 is 9.47 Å². The van der Waals surface area contributed by atoms with Gasteiger partial charge in [-0.25, -0.2) is 0 Å². The van der Waals surface area contributed by atoms with E-state index in [0.717, 1.165) is 58.2 Å². The summed E-state index contributed by atoms with van der Waals surface area (Å²) in [7, 11) is 0. The van der Waals surface area contributed by atoms with Gasteiger partial charge in [0.15, 0.2) is 5.96 Å². The maximum Gasteiger partial charge on any atom is 0.194 e. The molecule has 142 valence electrons. The van der Waals surface area contributed by atoms with E-state index in [1.165, 1.54) is 18.4 Å². The molecule has 5 heteroatoms. The molecule has 1 aromatic rings. The van der Waals surface area contributed by atoms with Crippen LogP contribution in [0.5, 0.6) is 0 Å². The van der Waals surface area contributed by atoms with E-state index in [9.17, 15) is 0 Å². The molecule has 0 aromatic heterocycles. The minimum Gasteiger partial charge on any atom is -0.375 e. The minimum atomic E-state index is 0.166. The summed E-state index contributed by atoms with van der Waals surface area (Å²) in [6, 6.07) is 10.9. The van der Waals surface area contributed by atoms with Gasteiger partial charge in [0.05, 0.1) is 19.3 Å². The monoisotopic (exact) mass is 357 g/mol. The molecule has 2 saturated heterocycles. The van der Waals surface area contributed by atoms with Crippen LogP contribution in [0.15, 0.2) is 35.3 Å². The van der Waals surface area contributed by atoms with Gasteiger partial charge in [0.25, 0.3) is 0 Å². The number of nitrogens with zero attached hydrogens (tertiary/aromatic N) is 2. The fraction of sp³-hybridized carbons (Fsp3) is 0.667. The molecule has 2 unspecified atom stereocenters. The summed E-state index contributed by atoms with van der Waals surface area (Å²) < 4.78 is 11.8. The van der Waals surface area contributed by atoms with Crippen molar-refractivity contribution in [1.29, 1.82) is 0 Å². The van der Waals surface area contributed by atoms with E-state index < -0.39 is 0 Å². The molecule has 0 amide bonds. The molecule has 1 aromatic carbocycles. The normalized spacial score (nSPS) is 28.2. The van der Waals surface area contributed by atoms with Gasteiger partial charge in [0, 0.05) is 31.7 Å². The SMILES string of the molecule is CCNC(=NCC1(c2ccccc2)CC1)N1CCOC(C2CCCO2)C1. The van der Waals surface area contributed by atoms with E-state index in [1.54, 1.807) is 0 Å². The van der Waals surface area contributed by atoms with Gasteiger partial charge in [-0.1, -0.05) is 30.3 Å². The van der Waals surface area contributed by atoms with Crippen molar-refractivity contribution in [2.24, 2.45) is 4.99 Å². The van der Waals surface area contributed by atoms with Crippen LogP contribution in [0.2, 0.25) is 0 Å².